The number of methoxy groups -OCH3 is 1. The van der Waals surface area contributed by atoms with Gasteiger partial charge in [-0.2, -0.15) is 0 Å². The van der Waals surface area contributed by atoms with Gasteiger partial charge in [-0.3, -0.25) is 0 Å². The summed E-state index contributed by atoms with van der Waals surface area (Å²) in [6, 6.07) is 0. The van der Waals surface area contributed by atoms with Crippen LogP contribution in [-0.2, 0) is 18.9 Å². The highest BCUT2D eigenvalue weighted by molar-refractivity contribution is 4.70. The van der Waals surface area contributed by atoms with Crippen LogP contribution in [0.2, 0.25) is 0 Å². The second-order valence-corrected chi connectivity index (χ2v) is 5.61. The quantitative estimate of drug-likeness (QED) is 0.466. The highest BCUT2D eigenvalue weighted by Gasteiger charge is 2.17. The van der Waals surface area contributed by atoms with Crippen LogP contribution in [0.15, 0.2) is 0 Å². The molecule has 0 saturated carbocycles. The Kier molecular flexibility index (Phi) is 13.6. The summed E-state index contributed by atoms with van der Waals surface area (Å²) in [6.07, 6.45) is 1.16. The molecular formula is C15H33NO4. The van der Waals surface area contributed by atoms with E-state index in [0.29, 0.717) is 39.6 Å². The van der Waals surface area contributed by atoms with E-state index >= 15 is 0 Å². The van der Waals surface area contributed by atoms with Gasteiger partial charge in [0.15, 0.2) is 0 Å². The van der Waals surface area contributed by atoms with Crippen molar-refractivity contribution in [3.05, 3.63) is 0 Å². The van der Waals surface area contributed by atoms with Gasteiger partial charge in [0.1, 0.15) is 0 Å². The number of rotatable bonds is 15. The minimum Gasteiger partial charge on any atom is -0.382 e. The van der Waals surface area contributed by atoms with Crippen molar-refractivity contribution >= 4 is 0 Å². The van der Waals surface area contributed by atoms with Gasteiger partial charge in [0.25, 0.3) is 0 Å². The zero-order chi connectivity index (χ0) is 15.1. The highest BCUT2D eigenvalue weighted by Crippen LogP contribution is 2.13. The van der Waals surface area contributed by atoms with Crippen LogP contribution in [0.4, 0.5) is 0 Å². The van der Waals surface area contributed by atoms with E-state index in [0.717, 1.165) is 26.1 Å². The largest absolute Gasteiger partial charge is 0.382 e. The minimum atomic E-state index is 0.165. The molecule has 0 aliphatic rings. The molecule has 0 unspecified atom stereocenters. The van der Waals surface area contributed by atoms with Crippen LogP contribution in [0, 0.1) is 5.41 Å². The first kappa shape index (κ1) is 19.8. The molecule has 0 atom stereocenters. The van der Waals surface area contributed by atoms with Crippen molar-refractivity contribution in [1.29, 1.82) is 0 Å². The second-order valence-electron chi connectivity index (χ2n) is 5.61. The summed E-state index contributed by atoms with van der Waals surface area (Å²) < 4.78 is 21.2. The SMILES string of the molecule is CCCNCC(C)(C)COCCOCCOCCOC. The molecule has 0 aromatic heterocycles. The normalized spacial score (nSPS) is 12.0. The van der Waals surface area contributed by atoms with E-state index in [1.165, 1.54) is 0 Å². The summed E-state index contributed by atoms with van der Waals surface area (Å²) in [7, 11) is 1.66. The Hall–Kier alpha value is -0.200. The van der Waals surface area contributed by atoms with E-state index in [9.17, 15) is 0 Å². The molecule has 0 spiro atoms. The maximum Gasteiger partial charge on any atom is 0.0701 e. The van der Waals surface area contributed by atoms with Crippen molar-refractivity contribution in [3.63, 3.8) is 0 Å². The number of hydrogen-bond donors (Lipinski definition) is 1. The zero-order valence-corrected chi connectivity index (χ0v) is 13.7. The molecule has 0 aromatic rings. The first-order valence-electron chi connectivity index (χ1n) is 7.55. The van der Waals surface area contributed by atoms with Crippen LogP contribution in [0.5, 0.6) is 0 Å². The van der Waals surface area contributed by atoms with Crippen LogP contribution in [0.25, 0.3) is 0 Å². The van der Waals surface area contributed by atoms with Crippen molar-refractivity contribution in [2.45, 2.75) is 27.2 Å². The molecule has 0 heterocycles. The monoisotopic (exact) mass is 291 g/mol. The predicted octanol–water partition coefficient (Wildman–Crippen LogP) is 1.71. The molecule has 0 fully saturated rings. The molecule has 5 nitrogen and oxygen atoms in total. The Morgan fingerprint density at radius 3 is 1.95 bits per heavy atom. The van der Waals surface area contributed by atoms with Gasteiger partial charge in [-0.05, 0) is 13.0 Å². The average molecular weight is 291 g/mol. The van der Waals surface area contributed by atoms with Crippen LogP contribution >= 0.6 is 0 Å². The standard InChI is InChI=1S/C15H33NO4/c1-5-6-16-13-15(2,3)14-20-12-11-19-10-9-18-8-7-17-4/h16H,5-14H2,1-4H3. The molecule has 0 aliphatic carbocycles. The Morgan fingerprint density at radius 1 is 0.850 bits per heavy atom. The average Bonchev–Trinajstić information content (AvgIpc) is 2.41. The lowest BCUT2D eigenvalue weighted by Crippen LogP contribution is -2.34. The molecular weight excluding hydrogens is 258 g/mol. The van der Waals surface area contributed by atoms with E-state index in [1.54, 1.807) is 7.11 Å². The second kappa shape index (κ2) is 13.8. The van der Waals surface area contributed by atoms with Crippen LogP contribution in [-0.4, -0.2) is 66.4 Å². The van der Waals surface area contributed by atoms with Gasteiger partial charge in [-0.25, -0.2) is 0 Å². The summed E-state index contributed by atoms with van der Waals surface area (Å²) in [5.41, 5.74) is 0.165. The fourth-order valence-corrected chi connectivity index (χ4v) is 1.59. The summed E-state index contributed by atoms with van der Waals surface area (Å²) in [5, 5.41) is 3.42. The van der Waals surface area contributed by atoms with Crippen LogP contribution in [0.3, 0.4) is 0 Å². The Labute approximate surface area is 124 Å². The van der Waals surface area contributed by atoms with Crippen molar-refractivity contribution in [2.24, 2.45) is 5.41 Å². The molecule has 0 rings (SSSR count). The molecule has 122 valence electrons. The molecule has 0 aromatic carbocycles. The van der Waals surface area contributed by atoms with Crippen molar-refractivity contribution in [1.82, 2.24) is 5.32 Å². The van der Waals surface area contributed by atoms with Gasteiger partial charge in [-0.15, -0.1) is 0 Å². The van der Waals surface area contributed by atoms with Gasteiger partial charge in [0.05, 0.1) is 46.2 Å². The van der Waals surface area contributed by atoms with Gasteiger partial charge in [-0.1, -0.05) is 20.8 Å². The van der Waals surface area contributed by atoms with Gasteiger partial charge in [0, 0.05) is 19.1 Å². The third-order valence-corrected chi connectivity index (χ3v) is 2.70. The first-order valence-corrected chi connectivity index (χ1v) is 7.55. The van der Waals surface area contributed by atoms with E-state index in [1.807, 2.05) is 0 Å². The third kappa shape index (κ3) is 14.2. The van der Waals surface area contributed by atoms with Crippen molar-refractivity contribution in [3.8, 4) is 0 Å². The molecule has 1 N–H and O–H groups in total. The molecule has 0 bridgehead atoms. The lowest BCUT2D eigenvalue weighted by atomic mass is 9.95. The predicted molar refractivity (Wildman–Crippen MR) is 81.3 cm³/mol. The fraction of sp³-hybridized carbons (Fsp3) is 1.00. The molecule has 0 amide bonds. The Bertz CT molecular complexity index is 200. The van der Waals surface area contributed by atoms with Gasteiger partial charge in [0.2, 0.25) is 0 Å². The zero-order valence-electron chi connectivity index (χ0n) is 13.7. The van der Waals surface area contributed by atoms with Gasteiger partial charge < -0.3 is 24.3 Å². The molecule has 5 heteroatoms. The third-order valence-electron chi connectivity index (χ3n) is 2.70. The smallest absolute Gasteiger partial charge is 0.0701 e. The Balaban J connectivity index is 3.25. The number of hydrogen-bond acceptors (Lipinski definition) is 5. The number of nitrogens with one attached hydrogen (secondary N) is 1. The fourth-order valence-electron chi connectivity index (χ4n) is 1.59. The minimum absolute atomic E-state index is 0.165. The van der Waals surface area contributed by atoms with E-state index in [4.69, 9.17) is 18.9 Å². The van der Waals surface area contributed by atoms with Crippen molar-refractivity contribution < 1.29 is 18.9 Å². The number of ether oxygens (including phenoxy) is 4. The first-order chi connectivity index (χ1) is 9.62. The Morgan fingerprint density at radius 2 is 1.40 bits per heavy atom. The summed E-state index contributed by atoms with van der Waals surface area (Å²) >= 11 is 0. The van der Waals surface area contributed by atoms with E-state index in [2.05, 4.69) is 26.1 Å². The molecule has 0 saturated heterocycles. The summed E-state index contributed by atoms with van der Waals surface area (Å²) in [5.74, 6) is 0. The lowest BCUT2D eigenvalue weighted by molar-refractivity contribution is -0.00938. The lowest BCUT2D eigenvalue weighted by Gasteiger charge is -2.24. The van der Waals surface area contributed by atoms with Crippen LogP contribution < -0.4 is 5.32 Å². The molecule has 0 aliphatic heterocycles. The molecule has 0 radical (unpaired) electrons. The van der Waals surface area contributed by atoms with Gasteiger partial charge >= 0.3 is 0 Å². The summed E-state index contributed by atoms with van der Waals surface area (Å²) in [6.45, 7) is 13.1. The topological polar surface area (TPSA) is 49.0 Å². The van der Waals surface area contributed by atoms with E-state index in [-0.39, 0.29) is 5.41 Å². The summed E-state index contributed by atoms with van der Waals surface area (Å²) in [4.78, 5) is 0. The van der Waals surface area contributed by atoms with Crippen LogP contribution in [0.1, 0.15) is 27.2 Å². The van der Waals surface area contributed by atoms with E-state index < -0.39 is 0 Å². The van der Waals surface area contributed by atoms with Crippen molar-refractivity contribution in [2.75, 3.05) is 66.4 Å². The molecule has 20 heavy (non-hydrogen) atoms. The highest BCUT2D eigenvalue weighted by atomic mass is 16.6. The maximum atomic E-state index is 5.65. The maximum absolute atomic E-state index is 5.65.